The van der Waals surface area contributed by atoms with E-state index < -0.39 is 0 Å². The minimum absolute atomic E-state index is 0.0922. The van der Waals surface area contributed by atoms with Crippen molar-refractivity contribution in [3.8, 4) is 0 Å². The number of rotatable bonds is 1. The molecule has 1 aliphatic heterocycles. The molecule has 0 radical (unpaired) electrons. The first-order valence-electron chi connectivity index (χ1n) is 4.97. The van der Waals surface area contributed by atoms with Crippen molar-refractivity contribution in [3.63, 3.8) is 0 Å². The normalized spacial score (nSPS) is 35.5. The average Bonchev–Trinajstić information content (AvgIpc) is 2.52. The van der Waals surface area contributed by atoms with E-state index in [2.05, 4.69) is 5.32 Å². The van der Waals surface area contributed by atoms with Crippen LogP contribution in [0, 0.1) is 0 Å². The Bertz CT molecular complexity index is 208. The highest BCUT2D eigenvalue weighted by Gasteiger charge is 2.34. The average molecular weight is 184 g/mol. The molecule has 2 aliphatic rings. The Morgan fingerprint density at radius 2 is 2.31 bits per heavy atom. The third-order valence-electron chi connectivity index (χ3n) is 2.97. The van der Waals surface area contributed by atoms with Gasteiger partial charge in [-0.3, -0.25) is 4.79 Å². The molecule has 74 valence electrons. The van der Waals surface area contributed by atoms with Gasteiger partial charge in [-0.25, -0.2) is 0 Å². The van der Waals surface area contributed by atoms with E-state index in [1.165, 1.54) is 0 Å². The Morgan fingerprint density at radius 3 is 2.92 bits per heavy atom. The highest BCUT2D eigenvalue weighted by molar-refractivity contribution is 5.79. The fourth-order valence-electron chi connectivity index (χ4n) is 2.26. The van der Waals surface area contributed by atoms with E-state index in [4.69, 9.17) is 0 Å². The van der Waals surface area contributed by atoms with Crippen LogP contribution in [0.25, 0.3) is 0 Å². The Hall–Kier alpha value is -0.610. The predicted octanol–water partition coefficient (Wildman–Crippen LogP) is -0.668. The van der Waals surface area contributed by atoms with E-state index in [9.17, 15) is 9.90 Å². The van der Waals surface area contributed by atoms with Gasteiger partial charge in [0.1, 0.15) is 0 Å². The van der Waals surface area contributed by atoms with Gasteiger partial charge in [-0.15, -0.1) is 0 Å². The van der Waals surface area contributed by atoms with Gasteiger partial charge < -0.3 is 15.3 Å². The molecular weight excluding hydrogens is 168 g/mol. The first kappa shape index (κ1) is 8.97. The fraction of sp³-hybridized carbons (Fsp3) is 0.889. The summed E-state index contributed by atoms with van der Waals surface area (Å²) in [4.78, 5) is 13.3. The Labute approximate surface area is 77.9 Å². The molecule has 2 atom stereocenters. The maximum absolute atomic E-state index is 11.5. The highest BCUT2D eigenvalue weighted by Crippen LogP contribution is 2.24. The number of carbonyl (C=O) groups is 1. The molecule has 1 aliphatic carbocycles. The van der Waals surface area contributed by atoms with Crippen LogP contribution in [0.2, 0.25) is 0 Å². The van der Waals surface area contributed by atoms with Crippen LogP contribution >= 0.6 is 0 Å². The molecule has 2 rings (SSSR count). The summed E-state index contributed by atoms with van der Waals surface area (Å²) in [6, 6.07) is 0.0922. The lowest BCUT2D eigenvalue weighted by atomic mass is 10.1. The zero-order valence-corrected chi connectivity index (χ0v) is 7.70. The molecule has 13 heavy (non-hydrogen) atoms. The van der Waals surface area contributed by atoms with Gasteiger partial charge in [0.25, 0.3) is 0 Å². The number of amides is 1. The van der Waals surface area contributed by atoms with Gasteiger partial charge in [-0.1, -0.05) is 0 Å². The van der Waals surface area contributed by atoms with E-state index >= 15 is 0 Å². The second-order valence-electron chi connectivity index (χ2n) is 3.83. The summed E-state index contributed by atoms with van der Waals surface area (Å²) in [5, 5.41) is 12.7. The molecule has 1 saturated heterocycles. The third-order valence-corrected chi connectivity index (χ3v) is 2.97. The topological polar surface area (TPSA) is 52.6 Å². The van der Waals surface area contributed by atoms with Crippen molar-refractivity contribution < 1.29 is 9.90 Å². The van der Waals surface area contributed by atoms with Crippen LogP contribution in [0.15, 0.2) is 0 Å². The second-order valence-corrected chi connectivity index (χ2v) is 3.83. The summed E-state index contributed by atoms with van der Waals surface area (Å²) < 4.78 is 0. The third kappa shape index (κ3) is 1.69. The van der Waals surface area contributed by atoms with E-state index in [0.29, 0.717) is 6.54 Å². The molecular formula is C9H16N2O2. The standard InChI is InChI=1S/C9H16N2O2/c12-8-3-1-2-7(8)11-5-4-10-6-9(11)13/h7-8,10,12H,1-6H2/t7-,8+/m1/s1. The SMILES string of the molecule is O=C1CNCCN1[C@@H]1CCC[C@@H]1O. The van der Waals surface area contributed by atoms with Crippen LogP contribution in [0.5, 0.6) is 0 Å². The van der Waals surface area contributed by atoms with Crippen LogP contribution in [0.4, 0.5) is 0 Å². The molecule has 4 nitrogen and oxygen atoms in total. The quantitative estimate of drug-likeness (QED) is 0.568. The Kier molecular flexibility index (Phi) is 2.51. The Balaban J connectivity index is 2.01. The Morgan fingerprint density at radius 1 is 1.46 bits per heavy atom. The largest absolute Gasteiger partial charge is 0.391 e. The van der Waals surface area contributed by atoms with Crippen LogP contribution in [0.1, 0.15) is 19.3 Å². The van der Waals surface area contributed by atoms with Gasteiger partial charge in [0.15, 0.2) is 0 Å². The molecule has 0 bridgehead atoms. The molecule has 0 spiro atoms. The molecule has 4 heteroatoms. The first-order chi connectivity index (χ1) is 6.29. The summed E-state index contributed by atoms with van der Waals surface area (Å²) in [6.07, 6.45) is 2.57. The molecule has 0 aromatic carbocycles. The lowest BCUT2D eigenvalue weighted by molar-refractivity contribution is -0.136. The lowest BCUT2D eigenvalue weighted by Gasteiger charge is -2.34. The summed E-state index contributed by atoms with van der Waals surface area (Å²) in [6.45, 7) is 2.04. The monoisotopic (exact) mass is 184 g/mol. The zero-order chi connectivity index (χ0) is 9.26. The fourth-order valence-corrected chi connectivity index (χ4v) is 2.26. The van der Waals surface area contributed by atoms with Crippen LogP contribution in [-0.4, -0.2) is 47.7 Å². The zero-order valence-electron chi connectivity index (χ0n) is 7.70. The van der Waals surface area contributed by atoms with Crippen molar-refractivity contribution in [2.75, 3.05) is 19.6 Å². The van der Waals surface area contributed by atoms with Gasteiger partial charge >= 0.3 is 0 Å². The molecule has 0 aromatic rings. The smallest absolute Gasteiger partial charge is 0.236 e. The summed E-state index contributed by atoms with van der Waals surface area (Å²) in [5.74, 6) is 0.136. The highest BCUT2D eigenvalue weighted by atomic mass is 16.3. The molecule has 2 N–H and O–H groups in total. The van der Waals surface area contributed by atoms with Gasteiger partial charge in [0, 0.05) is 13.1 Å². The summed E-state index contributed by atoms with van der Waals surface area (Å²) in [7, 11) is 0. The molecule has 1 saturated carbocycles. The number of nitrogens with zero attached hydrogens (tertiary/aromatic N) is 1. The number of piperazine rings is 1. The minimum atomic E-state index is -0.290. The number of aliphatic hydroxyl groups excluding tert-OH is 1. The number of hydrogen-bond acceptors (Lipinski definition) is 3. The predicted molar refractivity (Wildman–Crippen MR) is 48.2 cm³/mol. The van der Waals surface area contributed by atoms with Crippen molar-refractivity contribution in [1.82, 2.24) is 10.2 Å². The van der Waals surface area contributed by atoms with E-state index in [1.807, 2.05) is 4.90 Å². The van der Waals surface area contributed by atoms with Gasteiger partial charge in [-0.05, 0) is 19.3 Å². The maximum Gasteiger partial charge on any atom is 0.236 e. The first-order valence-corrected chi connectivity index (χ1v) is 4.97. The molecule has 1 heterocycles. The number of nitrogens with one attached hydrogen (secondary N) is 1. The molecule has 2 fully saturated rings. The maximum atomic E-state index is 11.5. The van der Waals surface area contributed by atoms with Gasteiger partial charge in [-0.2, -0.15) is 0 Å². The lowest BCUT2D eigenvalue weighted by Crippen LogP contribution is -2.54. The number of aliphatic hydroxyl groups is 1. The van der Waals surface area contributed by atoms with Crippen molar-refractivity contribution in [2.24, 2.45) is 0 Å². The minimum Gasteiger partial charge on any atom is -0.391 e. The van der Waals surface area contributed by atoms with Gasteiger partial charge in [0.05, 0.1) is 18.7 Å². The van der Waals surface area contributed by atoms with E-state index in [-0.39, 0.29) is 18.1 Å². The number of carbonyl (C=O) groups excluding carboxylic acids is 1. The van der Waals surface area contributed by atoms with Gasteiger partial charge in [0.2, 0.25) is 5.91 Å². The van der Waals surface area contributed by atoms with Crippen molar-refractivity contribution >= 4 is 5.91 Å². The summed E-state index contributed by atoms with van der Waals surface area (Å²) >= 11 is 0. The van der Waals surface area contributed by atoms with Crippen LogP contribution < -0.4 is 5.32 Å². The van der Waals surface area contributed by atoms with Crippen molar-refractivity contribution in [2.45, 2.75) is 31.4 Å². The molecule has 0 aromatic heterocycles. The van der Waals surface area contributed by atoms with E-state index in [0.717, 1.165) is 32.4 Å². The molecule has 1 amide bonds. The number of hydrogen-bond donors (Lipinski definition) is 2. The van der Waals surface area contributed by atoms with Crippen LogP contribution in [-0.2, 0) is 4.79 Å². The van der Waals surface area contributed by atoms with Crippen molar-refractivity contribution in [1.29, 1.82) is 0 Å². The van der Waals surface area contributed by atoms with Crippen molar-refractivity contribution in [3.05, 3.63) is 0 Å². The van der Waals surface area contributed by atoms with Crippen LogP contribution in [0.3, 0.4) is 0 Å². The second kappa shape index (κ2) is 3.64. The van der Waals surface area contributed by atoms with E-state index in [1.54, 1.807) is 0 Å². The summed E-state index contributed by atoms with van der Waals surface area (Å²) in [5.41, 5.74) is 0. The molecule has 0 unspecified atom stereocenters.